The molecule has 1 aromatic carbocycles. The summed E-state index contributed by atoms with van der Waals surface area (Å²) in [4.78, 5) is 36.3. The van der Waals surface area contributed by atoms with Crippen LogP contribution in [0, 0.1) is 24.6 Å². The van der Waals surface area contributed by atoms with E-state index in [0.29, 0.717) is 23.1 Å². The van der Waals surface area contributed by atoms with Crippen molar-refractivity contribution >= 4 is 22.9 Å². The number of rotatable bonds is 8. The second kappa shape index (κ2) is 12.9. The van der Waals surface area contributed by atoms with Crippen molar-refractivity contribution < 1.29 is 18.7 Å². The zero-order valence-electron chi connectivity index (χ0n) is 27.4. The second-order valence-corrected chi connectivity index (χ2v) is 14.1. The van der Waals surface area contributed by atoms with Crippen LogP contribution in [-0.2, 0) is 11.2 Å². The lowest BCUT2D eigenvalue weighted by Crippen LogP contribution is -2.48. The van der Waals surface area contributed by atoms with Crippen molar-refractivity contribution in [1.82, 2.24) is 24.3 Å². The topological polar surface area (TPSA) is 70.9 Å². The summed E-state index contributed by atoms with van der Waals surface area (Å²) < 4.78 is 22.0. The molecule has 0 bridgehead atoms. The number of carbonyl (C=O) groups is 2. The molecule has 44 heavy (non-hydrogen) atoms. The number of amides is 2. The number of nitrogens with zero attached hydrogens (tertiary/aromatic N) is 5. The van der Waals surface area contributed by atoms with Crippen molar-refractivity contribution in [3.8, 4) is 5.69 Å². The number of ether oxygens (including phenoxy) is 1. The molecular weight excluding hydrogens is 557 g/mol. The van der Waals surface area contributed by atoms with Crippen molar-refractivity contribution in [3.05, 3.63) is 59.3 Å². The van der Waals surface area contributed by atoms with Gasteiger partial charge in [0.15, 0.2) is 0 Å². The smallest absolute Gasteiger partial charge is 0.410 e. The number of hydrogen-bond donors (Lipinski definition) is 0. The Morgan fingerprint density at radius 1 is 1.11 bits per heavy atom. The van der Waals surface area contributed by atoms with E-state index in [1.807, 2.05) is 56.5 Å². The Kier molecular flexibility index (Phi) is 9.35. The van der Waals surface area contributed by atoms with Crippen molar-refractivity contribution in [1.29, 1.82) is 0 Å². The molecule has 0 saturated carbocycles. The van der Waals surface area contributed by atoms with Crippen molar-refractivity contribution in [2.75, 3.05) is 39.8 Å². The number of carbonyl (C=O) groups excluding carboxylic acids is 2. The van der Waals surface area contributed by atoms with E-state index in [2.05, 4.69) is 23.0 Å². The molecule has 2 saturated heterocycles. The van der Waals surface area contributed by atoms with Crippen LogP contribution in [0.25, 0.3) is 16.6 Å². The summed E-state index contributed by atoms with van der Waals surface area (Å²) in [6.07, 6.45) is 9.82. The molecule has 2 aliphatic rings. The zero-order valence-corrected chi connectivity index (χ0v) is 27.4. The Balaban J connectivity index is 1.22. The number of benzene rings is 1. The zero-order chi connectivity index (χ0) is 31.8. The van der Waals surface area contributed by atoms with Crippen LogP contribution >= 0.6 is 0 Å². The Morgan fingerprint density at radius 2 is 1.82 bits per heavy atom. The normalized spacial score (nSPS) is 16.9. The number of fused-ring (bicyclic) bond motifs is 1. The van der Waals surface area contributed by atoms with Crippen LogP contribution in [-0.4, -0.2) is 87.7 Å². The van der Waals surface area contributed by atoms with Gasteiger partial charge in [-0.3, -0.25) is 9.78 Å². The van der Waals surface area contributed by atoms with Crippen LogP contribution in [0.5, 0.6) is 0 Å². The molecular formula is C35H48FN5O3. The van der Waals surface area contributed by atoms with Gasteiger partial charge in [0.05, 0.1) is 23.0 Å². The predicted molar refractivity (Wildman–Crippen MR) is 172 cm³/mol. The Bertz CT molecular complexity index is 1500. The molecule has 0 radical (unpaired) electrons. The average Bonchev–Trinajstić information content (AvgIpc) is 3.31. The summed E-state index contributed by atoms with van der Waals surface area (Å²) in [6.45, 7) is 16.5. The van der Waals surface area contributed by atoms with E-state index < -0.39 is 11.4 Å². The largest absolute Gasteiger partial charge is 0.444 e. The van der Waals surface area contributed by atoms with Gasteiger partial charge in [0, 0.05) is 57.0 Å². The molecule has 0 aliphatic carbocycles. The third-order valence-electron chi connectivity index (χ3n) is 9.19. The monoisotopic (exact) mass is 605 g/mol. The molecule has 9 heteroatoms. The van der Waals surface area contributed by atoms with E-state index in [0.717, 1.165) is 74.9 Å². The first-order valence-electron chi connectivity index (χ1n) is 16.0. The van der Waals surface area contributed by atoms with Crippen LogP contribution < -0.4 is 0 Å². The fraction of sp³-hybridized carbons (Fsp3) is 0.571. The summed E-state index contributed by atoms with van der Waals surface area (Å²) in [6, 6.07) is 4.45. The van der Waals surface area contributed by atoms with Gasteiger partial charge in [0.1, 0.15) is 11.4 Å². The summed E-state index contributed by atoms with van der Waals surface area (Å²) in [5.41, 5.74) is 3.82. The van der Waals surface area contributed by atoms with Gasteiger partial charge in [0.2, 0.25) is 0 Å². The fourth-order valence-electron chi connectivity index (χ4n) is 6.50. The predicted octanol–water partition coefficient (Wildman–Crippen LogP) is 6.46. The average molecular weight is 606 g/mol. The van der Waals surface area contributed by atoms with Crippen molar-refractivity contribution in [2.24, 2.45) is 11.8 Å². The SMILES string of the molecule is Cc1cncc2c1c(CC1CN(CCC3CCN(C(=O)OC(C)(C)C)CC3)C1)cn2-c1ccc(F)cc1C(=O)N(C)C(C)C. The molecule has 2 amide bonds. The van der Waals surface area contributed by atoms with E-state index in [9.17, 15) is 14.0 Å². The molecule has 2 aromatic heterocycles. The van der Waals surface area contributed by atoms with Crippen LogP contribution in [0.3, 0.4) is 0 Å². The highest BCUT2D eigenvalue weighted by Crippen LogP contribution is 2.33. The molecule has 2 aliphatic heterocycles. The lowest BCUT2D eigenvalue weighted by atomic mass is 9.89. The van der Waals surface area contributed by atoms with Gasteiger partial charge >= 0.3 is 6.09 Å². The van der Waals surface area contributed by atoms with E-state index >= 15 is 0 Å². The molecule has 2 fully saturated rings. The van der Waals surface area contributed by atoms with Gasteiger partial charge in [-0.2, -0.15) is 0 Å². The summed E-state index contributed by atoms with van der Waals surface area (Å²) in [5, 5.41) is 1.16. The number of pyridine rings is 1. The van der Waals surface area contributed by atoms with E-state index in [1.54, 1.807) is 18.0 Å². The first-order valence-corrected chi connectivity index (χ1v) is 16.0. The highest BCUT2D eigenvalue weighted by atomic mass is 19.1. The maximum Gasteiger partial charge on any atom is 0.410 e. The lowest BCUT2D eigenvalue weighted by molar-refractivity contribution is 0.0169. The molecule has 0 N–H and O–H groups in total. The third-order valence-corrected chi connectivity index (χ3v) is 9.19. The first kappa shape index (κ1) is 31.9. The van der Waals surface area contributed by atoms with Crippen LogP contribution in [0.1, 0.15) is 75.4 Å². The maximum absolute atomic E-state index is 14.4. The molecule has 0 atom stereocenters. The number of hydrogen-bond acceptors (Lipinski definition) is 5. The van der Waals surface area contributed by atoms with Gasteiger partial charge in [-0.1, -0.05) is 0 Å². The Morgan fingerprint density at radius 3 is 2.48 bits per heavy atom. The number of aromatic nitrogens is 2. The van der Waals surface area contributed by atoms with Crippen LogP contribution in [0.2, 0.25) is 0 Å². The maximum atomic E-state index is 14.4. The standard InChI is InChI=1S/C35H48FN5O3/c1-23(2)38(7)33(42)29-17-28(36)8-9-30(29)41-22-27(32-24(3)18-37-19-31(32)41)16-26-20-39(21-26)13-10-25-11-14-40(15-12-25)34(43)44-35(4,5)6/h8-9,17-19,22-23,25-26H,10-16,20-21H2,1-7H3. The van der Waals surface area contributed by atoms with Gasteiger partial charge in [-0.25, -0.2) is 9.18 Å². The van der Waals surface area contributed by atoms with Gasteiger partial charge < -0.3 is 24.0 Å². The molecule has 5 rings (SSSR count). The molecule has 3 aromatic rings. The highest BCUT2D eigenvalue weighted by Gasteiger charge is 2.31. The quantitative estimate of drug-likeness (QED) is 0.295. The Labute approximate surface area is 261 Å². The number of piperidine rings is 1. The van der Waals surface area contributed by atoms with E-state index in [-0.39, 0.29) is 18.0 Å². The number of aryl methyl sites for hydroxylation is 1. The second-order valence-electron chi connectivity index (χ2n) is 14.1. The van der Waals surface area contributed by atoms with E-state index in [4.69, 9.17) is 4.74 Å². The first-order chi connectivity index (χ1) is 20.8. The molecule has 0 spiro atoms. The van der Waals surface area contributed by atoms with Gasteiger partial charge in [-0.15, -0.1) is 0 Å². The fourth-order valence-corrected chi connectivity index (χ4v) is 6.50. The minimum absolute atomic E-state index is 0.00824. The summed E-state index contributed by atoms with van der Waals surface area (Å²) in [7, 11) is 1.75. The molecule has 0 unspecified atom stereocenters. The van der Waals surface area contributed by atoms with Crippen LogP contribution in [0.4, 0.5) is 9.18 Å². The van der Waals surface area contributed by atoms with Crippen molar-refractivity contribution in [3.63, 3.8) is 0 Å². The van der Waals surface area contributed by atoms with Crippen molar-refractivity contribution in [2.45, 2.75) is 78.9 Å². The van der Waals surface area contributed by atoms with E-state index in [1.165, 1.54) is 17.7 Å². The lowest BCUT2D eigenvalue weighted by Gasteiger charge is -2.41. The highest BCUT2D eigenvalue weighted by molar-refractivity contribution is 5.99. The summed E-state index contributed by atoms with van der Waals surface area (Å²) in [5.74, 6) is 0.562. The minimum Gasteiger partial charge on any atom is -0.444 e. The van der Waals surface area contributed by atoms with Crippen LogP contribution in [0.15, 0.2) is 36.8 Å². The van der Waals surface area contributed by atoms with Gasteiger partial charge in [-0.05, 0) is 115 Å². The number of halogens is 1. The third kappa shape index (κ3) is 7.09. The summed E-state index contributed by atoms with van der Waals surface area (Å²) >= 11 is 0. The molecule has 238 valence electrons. The number of likely N-dealkylation sites (tertiary alicyclic amines) is 2. The minimum atomic E-state index is -0.458. The molecule has 4 heterocycles. The van der Waals surface area contributed by atoms with Gasteiger partial charge in [0.25, 0.3) is 5.91 Å². The molecule has 8 nitrogen and oxygen atoms in total. The Hall–Kier alpha value is -3.46.